The van der Waals surface area contributed by atoms with Crippen LogP contribution in [0.5, 0.6) is 5.75 Å². The third-order valence-electron chi connectivity index (χ3n) is 3.42. The highest BCUT2D eigenvalue weighted by Gasteiger charge is 2.28. The van der Waals surface area contributed by atoms with Crippen LogP contribution in [0.15, 0.2) is 18.2 Å². The van der Waals surface area contributed by atoms with Crippen molar-refractivity contribution in [1.82, 2.24) is 4.90 Å². The van der Waals surface area contributed by atoms with Crippen molar-refractivity contribution in [2.45, 2.75) is 6.42 Å². The average Bonchev–Trinajstić information content (AvgIpc) is 2.87. The average molecular weight is 313 g/mol. The number of hydrogen-bond donors (Lipinski definition) is 2. The molecule has 1 aliphatic rings. The van der Waals surface area contributed by atoms with Crippen LogP contribution in [0.3, 0.4) is 0 Å². The van der Waals surface area contributed by atoms with E-state index in [1.807, 2.05) is 4.90 Å². The molecule has 1 unspecified atom stereocenters. The van der Waals surface area contributed by atoms with Gasteiger partial charge < -0.3 is 15.2 Å². The Balaban J connectivity index is 1.88. The number of carbonyl (C=O) groups excluding carboxylic acids is 1. The number of halogens is 1. The number of ether oxygens (including phenoxy) is 1. The molecule has 0 aromatic heterocycles. The minimum atomic E-state index is -0.806. The van der Waals surface area contributed by atoms with Gasteiger partial charge >= 0.3 is 5.97 Å². The first kappa shape index (κ1) is 15.6. The summed E-state index contributed by atoms with van der Waals surface area (Å²) in [7, 11) is 1.52. The summed E-state index contributed by atoms with van der Waals surface area (Å²) < 4.78 is 5.04. The highest BCUT2D eigenvalue weighted by molar-refractivity contribution is 6.32. The molecule has 0 saturated carbocycles. The maximum atomic E-state index is 11.9. The molecule has 1 saturated heterocycles. The lowest BCUT2D eigenvalue weighted by atomic mass is 10.1. The van der Waals surface area contributed by atoms with Gasteiger partial charge in [-0.1, -0.05) is 11.6 Å². The number of carboxylic acid groups (broad SMARTS) is 1. The lowest BCUT2D eigenvalue weighted by Gasteiger charge is -2.15. The minimum absolute atomic E-state index is 0.174. The van der Waals surface area contributed by atoms with Crippen LogP contribution in [0.4, 0.5) is 5.69 Å². The SMILES string of the molecule is COc1ccc(NC(=O)CN2CCC(C(=O)O)C2)cc1Cl. The van der Waals surface area contributed by atoms with Crippen molar-refractivity contribution in [1.29, 1.82) is 0 Å². The van der Waals surface area contributed by atoms with E-state index in [-0.39, 0.29) is 18.4 Å². The standard InChI is InChI=1S/C14H17ClN2O4/c1-21-12-3-2-10(6-11(12)15)16-13(18)8-17-5-4-9(7-17)14(19)20/h2-3,6,9H,4-5,7-8H2,1H3,(H,16,18)(H,19,20). The summed E-state index contributed by atoms with van der Waals surface area (Å²) in [4.78, 5) is 24.6. The zero-order valence-corrected chi connectivity index (χ0v) is 12.4. The van der Waals surface area contributed by atoms with Gasteiger partial charge in [0.25, 0.3) is 0 Å². The number of nitrogens with zero attached hydrogens (tertiary/aromatic N) is 1. The first-order valence-corrected chi connectivity index (χ1v) is 6.96. The van der Waals surface area contributed by atoms with Gasteiger partial charge in [0, 0.05) is 12.2 Å². The predicted octanol–water partition coefficient (Wildman–Crippen LogP) is 1.69. The van der Waals surface area contributed by atoms with E-state index < -0.39 is 5.97 Å². The number of amides is 1. The van der Waals surface area contributed by atoms with Gasteiger partial charge in [-0.3, -0.25) is 14.5 Å². The molecule has 7 heteroatoms. The molecule has 6 nitrogen and oxygen atoms in total. The second-order valence-corrected chi connectivity index (χ2v) is 5.36. The topological polar surface area (TPSA) is 78.9 Å². The molecular weight excluding hydrogens is 296 g/mol. The summed E-state index contributed by atoms with van der Waals surface area (Å²) >= 11 is 5.99. The van der Waals surface area contributed by atoms with Crippen molar-refractivity contribution in [2.24, 2.45) is 5.92 Å². The normalized spacial score (nSPS) is 18.5. The van der Waals surface area contributed by atoms with Gasteiger partial charge in [-0.05, 0) is 31.2 Å². The van der Waals surface area contributed by atoms with Gasteiger partial charge in [-0.25, -0.2) is 0 Å². The Morgan fingerprint density at radius 1 is 1.52 bits per heavy atom. The number of anilines is 1. The molecule has 1 aromatic rings. The van der Waals surface area contributed by atoms with Crippen LogP contribution < -0.4 is 10.1 Å². The molecule has 21 heavy (non-hydrogen) atoms. The molecule has 1 fully saturated rings. The highest BCUT2D eigenvalue weighted by atomic mass is 35.5. The van der Waals surface area contributed by atoms with Crippen LogP contribution in [-0.2, 0) is 9.59 Å². The molecule has 2 N–H and O–H groups in total. The summed E-state index contributed by atoms with van der Waals surface area (Å²) in [6.45, 7) is 1.20. The Hall–Kier alpha value is -1.79. The monoisotopic (exact) mass is 312 g/mol. The van der Waals surface area contributed by atoms with Gasteiger partial charge in [-0.15, -0.1) is 0 Å². The van der Waals surface area contributed by atoms with E-state index in [1.54, 1.807) is 18.2 Å². The second-order valence-electron chi connectivity index (χ2n) is 4.96. The Morgan fingerprint density at radius 2 is 2.29 bits per heavy atom. The molecule has 0 spiro atoms. The summed E-state index contributed by atoms with van der Waals surface area (Å²) in [6.07, 6.45) is 0.580. The zero-order valence-electron chi connectivity index (χ0n) is 11.6. The lowest BCUT2D eigenvalue weighted by molar-refractivity contribution is -0.141. The van der Waals surface area contributed by atoms with E-state index in [2.05, 4.69) is 5.32 Å². The van der Waals surface area contributed by atoms with Gasteiger partial charge in [0.05, 0.1) is 24.6 Å². The van der Waals surface area contributed by atoms with Crippen LogP contribution >= 0.6 is 11.6 Å². The molecule has 0 radical (unpaired) electrons. The fraction of sp³-hybridized carbons (Fsp3) is 0.429. The molecule has 0 bridgehead atoms. The number of nitrogens with one attached hydrogen (secondary N) is 1. The number of benzene rings is 1. The van der Waals surface area contributed by atoms with E-state index in [0.717, 1.165) is 0 Å². The summed E-state index contributed by atoms with van der Waals surface area (Å²) in [5, 5.41) is 12.1. The number of carboxylic acids is 1. The van der Waals surface area contributed by atoms with Crippen molar-refractivity contribution in [3.05, 3.63) is 23.2 Å². The maximum Gasteiger partial charge on any atom is 0.307 e. The molecule has 1 atom stereocenters. The van der Waals surface area contributed by atoms with E-state index in [4.69, 9.17) is 21.4 Å². The van der Waals surface area contributed by atoms with Crippen molar-refractivity contribution >= 4 is 29.2 Å². The lowest BCUT2D eigenvalue weighted by Crippen LogP contribution is -2.32. The van der Waals surface area contributed by atoms with Crippen molar-refractivity contribution in [3.8, 4) is 5.75 Å². The van der Waals surface area contributed by atoms with Gasteiger partial charge in [0.2, 0.25) is 5.91 Å². The molecule has 1 aromatic carbocycles. The first-order valence-electron chi connectivity index (χ1n) is 6.58. The third kappa shape index (κ3) is 4.09. The molecular formula is C14H17ClN2O4. The minimum Gasteiger partial charge on any atom is -0.495 e. The fourth-order valence-corrected chi connectivity index (χ4v) is 2.58. The molecule has 1 aliphatic heterocycles. The Kier molecular flexibility index (Phi) is 5.03. The molecule has 1 heterocycles. The smallest absolute Gasteiger partial charge is 0.307 e. The number of aliphatic carboxylic acids is 1. The van der Waals surface area contributed by atoms with E-state index in [0.29, 0.717) is 36.0 Å². The second kappa shape index (κ2) is 6.78. The molecule has 2 rings (SSSR count). The molecule has 114 valence electrons. The van der Waals surface area contributed by atoms with Crippen molar-refractivity contribution in [3.63, 3.8) is 0 Å². The number of rotatable bonds is 5. The van der Waals surface area contributed by atoms with E-state index in [1.165, 1.54) is 7.11 Å². The summed E-state index contributed by atoms with van der Waals surface area (Å²) in [5.41, 5.74) is 0.583. The van der Waals surface area contributed by atoms with Crippen LogP contribution in [0, 0.1) is 5.92 Å². The largest absolute Gasteiger partial charge is 0.495 e. The number of carbonyl (C=O) groups is 2. The van der Waals surface area contributed by atoms with Crippen LogP contribution in [0.1, 0.15) is 6.42 Å². The van der Waals surface area contributed by atoms with Gasteiger partial charge in [0.1, 0.15) is 5.75 Å². The van der Waals surface area contributed by atoms with Crippen LogP contribution in [-0.4, -0.2) is 48.6 Å². The Labute approximate surface area is 127 Å². The van der Waals surface area contributed by atoms with Crippen LogP contribution in [0.25, 0.3) is 0 Å². The number of methoxy groups -OCH3 is 1. The van der Waals surface area contributed by atoms with Crippen molar-refractivity contribution < 1.29 is 19.4 Å². The first-order chi connectivity index (χ1) is 9.99. The number of hydrogen-bond acceptors (Lipinski definition) is 4. The fourth-order valence-electron chi connectivity index (χ4n) is 2.33. The molecule has 0 aliphatic carbocycles. The zero-order chi connectivity index (χ0) is 15.4. The van der Waals surface area contributed by atoms with E-state index >= 15 is 0 Å². The molecule has 1 amide bonds. The third-order valence-corrected chi connectivity index (χ3v) is 3.72. The summed E-state index contributed by atoms with van der Waals surface area (Å²) in [5.74, 6) is -0.839. The predicted molar refractivity (Wildman–Crippen MR) is 78.8 cm³/mol. The van der Waals surface area contributed by atoms with Gasteiger partial charge in [0.15, 0.2) is 0 Å². The summed E-state index contributed by atoms with van der Waals surface area (Å²) in [6, 6.07) is 4.99. The quantitative estimate of drug-likeness (QED) is 0.865. The maximum absolute atomic E-state index is 11.9. The Morgan fingerprint density at radius 3 is 2.86 bits per heavy atom. The number of likely N-dealkylation sites (tertiary alicyclic amines) is 1. The van der Waals surface area contributed by atoms with Crippen molar-refractivity contribution in [2.75, 3.05) is 32.1 Å². The Bertz CT molecular complexity index is 550. The van der Waals surface area contributed by atoms with Crippen LogP contribution in [0.2, 0.25) is 5.02 Å². The van der Waals surface area contributed by atoms with E-state index in [9.17, 15) is 9.59 Å². The highest BCUT2D eigenvalue weighted by Crippen LogP contribution is 2.27. The van der Waals surface area contributed by atoms with Gasteiger partial charge in [-0.2, -0.15) is 0 Å².